The molecule has 1 aromatic rings. The largest absolute Gasteiger partial charge is 0.507 e. The lowest BCUT2D eigenvalue weighted by molar-refractivity contribution is 0.0798. The number of halogens is 1. The Morgan fingerprint density at radius 2 is 2.22 bits per heavy atom. The maximum Gasteiger partial charge on any atom is 0.253 e. The maximum atomic E-state index is 12.0. The van der Waals surface area contributed by atoms with Gasteiger partial charge in [0.15, 0.2) is 0 Å². The molecule has 0 fully saturated rings. The molecule has 6 nitrogen and oxygen atoms in total. The Morgan fingerprint density at radius 1 is 1.56 bits per heavy atom. The average molecular weight is 363 g/mol. The molecule has 98 valence electrons. The number of carbonyl (C=O) groups excluding carboxylic acids is 1. The molecule has 0 aliphatic rings. The molecule has 0 saturated heterocycles. The summed E-state index contributed by atoms with van der Waals surface area (Å²) in [5.41, 5.74) is 5.72. The fourth-order valence-electron chi connectivity index (χ4n) is 1.30. The molecule has 1 rings (SSSR count). The van der Waals surface area contributed by atoms with Gasteiger partial charge in [-0.15, -0.1) is 0 Å². The van der Waals surface area contributed by atoms with Gasteiger partial charge in [-0.05, 0) is 40.8 Å². The zero-order valence-electron chi connectivity index (χ0n) is 9.80. The van der Waals surface area contributed by atoms with Crippen molar-refractivity contribution in [3.8, 4) is 5.75 Å². The second kappa shape index (κ2) is 6.43. The molecule has 0 radical (unpaired) electrons. The first-order chi connectivity index (χ1) is 8.45. The van der Waals surface area contributed by atoms with Gasteiger partial charge in [0, 0.05) is 25.6 Å². The zero-order valence-corrected chi connectivity index (χ0v) is 12.0. The van der Waals surface area contributed by atoms with Crippen molar-refractivity contribution in [2.24, 2.45) is 10.9 Å². The number of amidine groups is 1. The Morgan fingerprint density at radius 3 is 2.78 bits per heavy atom. The van der Waals surface area contributed by atoms with Crippen molar-refractivity contribution < 1.29 is 15.1 Å². The number of hydrogen-bond donors (Lipinski definition) is 3. The van der Waals surface area contributed by atoms with E-state index in [2.05, 4.69) is 5.16 Å². The fourth-order valence-corrected chi connectivity index (χ4v) is 1.64. The van der Waals surface area contributed by atoms with E-state index in [1.165, 1.54) is 11.0 Å². The maximum absolute atomic E-state index is 12.0. The number of nitrogens with two attached hydrogens (primary N) is 1. The van der Waals surface area contributed by atoms with Gasteiger partial charge < -0.3 is 20.9 Å². The van der Waals surface area contributed by atoms with E-state index in [4.69, 9.17) is 10.9 Å². The van der Waals surface area contributed by atoms with Crippen LogP contribution in [0.5, 0.6) is 5.75 Å². The standard InChI is InChI=1S/C11H14IN3O3/c1-15(5-4-10(13)14-18)11(17)7-2-3-8(12)9(16)6-7/h2-3,6,16,18H,4-5H2,1H3,(H2,13,14). The lowest BCUT2D eigenvalue weighted by Gasteiger charge is -2.16. The molecule has 0 saturated carbocycles. The van der Waals surface area contributed by atoms with Crippen molar-refractivity contribution in [3.63, 3.8) is 0 Å². The van der Waals surface area contributed by atoms with Crippen LogP contribution in [0.15, 0.2) is 23.4 Å². The van der Waals surface area contributed by atoms with Crippen LogP contribution in [-0.4, -0.2) is 40.5 Å². The first-order valence-corrected chi connectivity index (χ1v) is 6.24. The summed E-state index contributed by atoms with van der Waals surface area (Å²) in [7, 11) is 1.61. The number of phenols is 1. The summed E-state index contributed by atoms with van der Waals surface area (Å²) in [6.45, 7) is 0.335. The summed E-state index contributed by atoms with van der Waals surface area (Å²) < 4.78 is 0.684. The van der Waals surface area contributed by atoms with Gasteiger partial charge in [0.2, 0.25) is 0 Å². The van der Waals surface area contributed by atoms with Gasteiger partial charge in [-0.2, -0.15) is 0 Å². The van der Waals surface area contributed by atoms with Crippen molar-refractivity contribution in [2.75, 3.05) is 13.6 Å². The second-order valence-corrected chi connectivity index (χ2v) is 4.90. The number of aromatic hydroxyl groups is 1. The molecular formula is C11H14IN3O3. The van der Waals surface area contributed by atoms with Gasteiger partial charge in [-0.25, -0.2) is 0 Å². The molecule has 0 aromatic heterocycles. The van der Waals surface area contributed by atoms with E-state index in [0.29, 0.717) is 15.7 Å². The van der Waals surface area contributed by atoms with Crippen LogP contribution in [0.25, 0.3) is 0 Å². The van der Waals surface area contributed by atoms with E-state index in [1.807, 2.05) is 22.6 Å². The number of benzene rings is 1. The van der Waals surface area contributed by atoms with Crippen molar-refractivity contribution in [1.29, 1.82) is 0 Å². The molecule has 0 heterocycles. The fraction of sp³-hybridized carbons (Fsp3) is 0.273. The Labute approximate surface area is 118 Å². The molecule has 4 N–H and O–H groups in total. The van der Waals surface area contributed by atoms with Crippen LogP contribution >= 0.6 is 22.6 Å². The zero-order chi connectivity index (χ0) is 13.7. The molecule has 18 heavy (non-hydrogen) atoms. The highest BCUT2D eigenvalue weighted by molar-refractivity contribution is 14.1. The minimum atomic E-state index is -0.229. The van der Waals surface area contributed by atoms with E-state index in [1.54, 1.807) is 19.2 Å². The smallest absolute Gasteiger partial charge is 0.253 e. The molecule has 0 atom stereocenters. The Kier molecular flexibility index (Phi) is 5.20. The Balaban J connectivity index is 2.71. The van der Waals surface area contributed by atoms with Crippen LogP contribution in [-0.2, 0) is 0 Å². The van der Waals surface area contributed by atoms with E-state index >= 15 is 0 Å². The van der Waals surface area contributed by atoms with E-state index in [9.17, 15) is 9.90 Å². The van der Waals surface area contributed by atoms with Gasteiger partial charge in [-0.3, -0.25) is 4.79 Å². The Bertz CT molecular complexity index is 477. The number of amides is 1. The Hall–Kier alpha value is -1.51. The van der Waals surface area contributed by atoms with Crippen molar-refractivity contribution in [2.45, 2.75) is 6.42 Å². The molecule has 0 aliphatic heterocycles. The molecule has 1 aromatic carbocycles. The predicted molar refractivity (Wildman–Crippen MR) is 75.8 cm³/mol. The summed E-state index contributed by atoms with van der Waals surface area (Å²) in [6, 6.07) is 4.73. The van der Waals surface area contributed by atoms with Gasteiger partial charge in [0.25, 0.3) is 5.91 Å². The number of oxime groups is 1. The number of hydrogen-bond acceptors (Lipinski definition) is 4. The van der Waals surface area contributed by atoms with Crippen LogP contribution in [0.4, 0.5) is 0 Å². The lowest BCUT2D eigenvalue weighted by Crippen LogP contribution is -2.30. The highest BCUT2D eigenvalue weighted by Gasteiger charge is 2.13. The summed E-state index contributed by atoms with van der Waals surface area (Å²) in [4.78, 5) is 13.4. The number of nitrogens with zero attached hydrogens (tertiary/aromatic N) is 2. The van der Waals surface area contributed by atoms with Gasteiger partial charge >= 0.3 is 0 Å². The summed E-state index contributed by atoms with van der Waals surface area (Å²) in [5.74, 6) is -0.0844. The molecular weight excluding hydrogens is 349 g/mol. The van der Waals surface area contributed by atoms with Crippen molar-refractivity contribution in [1.82, 2.24) is 4.90 Å². The van der Waals surface area contributed by atoms with E-state index in [0.717, 1.165) is 0 Å². The van der Waals surface area contributed by atoms with E-state index in [-0.39, 0.29) is 23.9 Å². The van der Waals surface area contributed by atoms with Crippen molar-refractivity contribution in [3.05, 3.63) is 27.3 Å². The molecule has 0 unspecified atom stereocenters. The monoisotopic (exact) mass is 363 g/mol. The SMILES string of the molecule is CN(CC/C(N)=N/O)C(=O)c1ccc(I)c(O)c1. The summed E-state index contributed by atoms with van der Waals surface area (Å²) in [6.07, 6.45) is 0.287. The highest BCUT2D eigenvalue weighted by Crippen LogP contribution is 2.21. The first-order valence-electron chi connectivity index (χ1n) is 5.16. The predicted octanol–water partition coefficient (Wildman–Crippen LogP) is 1.21. The normalized spacial score (nSPS) is 11.3. The van der Waals surface area contributed by atoms with Crippen LogP contribution in [0, 0.1) is 3.57 Å². The second-order valence-electron chi connectivity index (χ2n) is 3.73. The molecule has 0 bridgehead atoms. The highest BCUT2D eigenvalue weighted by atomic mass is 127. The average Bonchev–Trinajstić information content (AvgIpc) is 2.37. The number of carbonyl (C=O) groups is 1. The molecule has 0 spiro atoms. The van der Waals surface area contributed by atoms with Crippen LogP contribution < -0.4 is 5.73 Å². The third-order valence-electron chi connectivity index (χ3n) is 2.37. The molecule has 0 aliphatic carbocycles. The first kappa shape index (κ1) is 14.6. The van der Waals surface area contributed by atoms with E-state index < -0.39 is 0 Å². The number of phenolic OH excluding ortho intramolecular Hbond substituents is 1. The van der Waals surface area contributed by atoms with Crippen LogP contribution in [0.1, 0.15) is 16.8 Å². The topological polar surface area (TPSA) is 99.1 Å². The van der Waals surface area contributed by atoms with Crippen LogP contribution in [0.2, 0.25) is 0 Å². The van der Waals surface area contributed by atoms with Crippen molar-refractivity contribution >= 4 is 34.3 Å². The minimum Gasteiger partial charge on any atom is -0.507 e. The third kappa shape index (κ3) is 3.76. The van der Waals surface area contributed by atoms with Gasteiger partial charge in [0.1, 0.15) is 11.6 Å². The quantitative estimate of drug-likeness (QED) is 0.246. The third-order valence-corrected chi connectivity index (χ3v) is 3.28. The molecule has 1 amide bonds. The van der Waals surface area contributed by atoms with Crippen LogP contribution in [0.3, 0.4) is 0 Å². The number of rotatable bonds is 4. The van der Waals surface area contributed by atoms with Gasteiger partial charge in [-0.1, -0.05) is 5.16 Å². The molecule has 7 heteroatoms. The minimum absolute atomic E-state index is 0.0695. The summed E-state index contributed by atoms with van der Waals surface area (Å²) >= 11 is 1.98. The summed E-state index contributed by atoms with van der Waals surface area (Å²) in [5, 5.41) is 20.8. The lowest BCUT2D eigenvalue weighted by atomic mass is 10.2. The van der Waals surface area contributed by atoms with Gasteiger partial charge in [0.05, 0.1) is 3.57 Å².